The van der Waals surface area contributed by atoms with Gasteiger partial charge in [-0.05, 0) is 36.5 Å². The summed E-state index contributed by atoms with van der Waals surface area (Å²) >= 11 is 0. The number of fused-ring (bicyclic) bond motifs is 2. The molecule has 0 radical (unpaired) electrons. The molecule has 2 aliphatic rings. The zero-order chi connectivity index (χ0) is 11.2. The van der Waals surface area contributed by atoms with Crippen molar-refractivity contribution >= 4 is 5.78 Å². The Morgan fingerprint density at radius 1 is 1.12 bits per heavy atom. The molecule has 0 aromatic heterocycles. The van der Waals surface area contributed by atoms with Gasteiger partial charge in [-0.2, -0.15) is 0 Å². The molecular weight excluding hydrogens is 200 g/mol. The SMILES string of the molecule is O=C1CCc2c(O)cccc2C12CCCC2. The van der Waals surface area contributed by atoms with Crippen LogP contribution in [0.1, 0.15) is 43.2 Å². The van der Waals surface area contributed by atoms with Gasteiger partial charge in [-0.1, -0.05) is 25.0 Å². The molecule has 2 nitrogen and oxygen atoms in total. The van der Waals surface area contributed by atoms with Gasteiger partial charge in [-0.25, -0.2) is 0 Å². The fourth-order valence-corrected chi connectivity index (χ4v) is 3.44. The molecule has 0 atom stereocenters. The third kappa shape index (κ3) is 1.16. The van der Waals surface area contributed by atoms with E-state index in [4.69, 9.17) is 0 Å². The lowest BCUT2D eigenvalue weighted by atomic mass is 9.68. The minimum Gasteiger partial charge on any atom is -0.508 e. The maximum absolute atomic E-state index is 12.2. The van der Waals surface area contributed by atoms with E-state index in [9.17, 15) is 9.90 Å². The van der Waals surface area contributed by atoms with E-state index in [1.165, 1.54) is 0 Å². The second-order valence-corrected chi connectivity index (χ2v) is 5.02. The summed E-state index contributed by atoms with van der Waals surface area (Å²) in [5.41, 5.74) is 1.89. The van der Waals surface area contributed by atoms with Crippen molar-refractivity contribution in [1.29, 1.82) is 0 Å². The Kier molecular flexibility index (Phi) is 2.06. The molecule has 16 heavy (non-hydrogen) atoms. The minimum absolute atomic E-state index is 0.244. The highest BCUT2D eigenvalue weighted by Crippen LogP contribution is 2.48. The van der Waals surface area contributed by atoms with Gasteiger partial charge < -0.3 is 5.11 Å². The van der Waals surface area contributed by atoms with E-state index in [0.29, 0.717) is 24.4 Å². The standard InChI is InChI=1S/C14H16O2/c15-12-5-3-4-11-10(12)6-7-13(16)14(11)8-1-2-9-14/h3-5,15H,1-2,6-9H2. The van der Waals surface area contributed by atoms with Crippen LogP contribution in [0.2, 0.25) is 0 Å². The number of phenolic OH excluding ortho intramolecular Hbond substituents is 1. The second-order valence-electron chi connectivity index (χ2n) is 5.02. The maximum Gasteiger partial charge on any atom is 0.143 e. The Morgan fingerprint density at radius 3 is 2.62 bits per heavy atom. The molecular formula is C14H16O2. The Balaban J connectivity index is 2.20. The van der Waals surface area contributed by atoms with Crippen LogP contribution >= 0.6 is 0 Å². The number of carbonyl (C=O) groups is 1. The first-order valence-electron chi connectivity index (χ1n) is 6.09. The van der Waals surface area contributed by atoms with Crippen LogP contribution in [0.4, 0.5) is 0 Å². The number of rotatable bonds is 0. The fraction of sp³-hybridized carbons (Fsp3) is 0.500. The average molecular weight is 216 g/mol. The number of phenols is 1. The summed E-state index contributed by atoms with van der Waals surface area (Å²) < 4.78 is 0. The predicted octanol–water partition coefficient (Wildman–Crippen LogP) is 2.72. The number of ketones is 1. The van der Waals surface area contributed by atoms with E-state index >= 15 is 0 Å². The summed E-state index contributed by atoms with van der Waals surface area (Å²) in [6, 6.07) is 5.64. The first kappa shape index (κ1) is 9.88. The number of benzene rings is 1. The summed E-state index contributed by atoms with van der Waals surface area (Å²) in [5.74, 6) is 0.763. The lowest BCUT2D eigenvalue weighted by molar-refractivity contribution is -0.125. The lowest BCUT2D eigenvalue weighted by Crippen LogP contribution is -2.37. The topological polar surface area (TPSA) is 37.3 Å². The van der Waals surface area contributed by atoms with Crippen LogP contribution in [-0.2, 0) is 16.6 Å². The zero-order valence-corrected chi connectivity index (χ0v) is 9.33. The van der Waals surface area contributed by atoms with Gasteiger partial charge in [0.1, 0.15) is 11.5 Å². The molecule has 0 amide bonds. The largest absolute Gasteiger partial charge is 0.508 e. The zero-order valence-electron chi connectivity index (χ0n) is 9.33. The smallest absolute Gasteiger partial charge is 0.143 e. The third-order valence-electron chi connectivity index (χ3n) is 4.26. The van der Waals surface area contributed by atoms with Crippen LogP contribution in [0.15, 0.2) is 18.2 Å². The van der Waals surface area contributed by atoms with Crippen molar-refractivity contribution in [3.63, 3.8) is 0 Å². The summed E-state index contributed by atoms with van der Waals surface area (Å²) in [6.45, 7) is 0. The van der Waals surface area contributed by atoms with E-state index in [-0.39, 0.29) is 5.41 Å². The Bertz CT molecular complexity index is 442. The Hall–Kier alpha value is -1.31. The molecule has 1 N–H and O–H groups in total. The molecule has 1 spiro atoms. The number of hydrogen-bond acceptors (Lipinski definition) is 2. The maximum atomic E-state index is 12.2. The molecule has 0 aliphatic heterocycles. The first-order chi connectivity index (χ1) is 7.74. The first-order valence-corrected chi connectivity index (χ1v) is 6.09. The van der Waals surface area contributed by atoms with Crippen LogP contribution in [0.5, 0.6) is 5.75 Å². The van der Waals surface area contributed by atoms with E-state index < -0.39 is 0 Å². The van der Waals surface area contributed by atoms with Gasteiger partial charge in [-0.15, -0.1) is 0 Å². The molecule has 2 aliphatic carbocycles. The molecule has 2 heteroatoms. The summed E-state index contributed by atoms with van der Waals surface area (Å²) in [5, 5.41) is 9.87. The van der Waals surface area contributed by atoms with Gasteiger partial charge in [0.2, 0.25) is 0 Å². The van der Waals surface area contributed by atoms with Crippen molar-refractivity contribution in [3.8, 4) is 5.75 Å². The molecule has 1 saturated carbocycles. The molecule has 1 aromatic carbocycles. The van der Waals surface area contributed by atoms with Gasteiger partial charge in [0.25, 0.3) is 0 Å². The molecule has 1 aromatic rings. The highest BCUT2D eigenvalue weighted by molar-refractivity contribution is 5.93. The summed E-state index contributed by atoms with van der Waals surface area (Å²) in [6.07, 6.45) is 5.54. The molecule has 1 fully saturated rings. The van der Waals surface area contributed by atoms with Gasteiger partial charge in [0, 0.05) is 6.42 Å². The summed E-state index contributed by atoms with van der Waals surface area (Å²) in [7, 11) is 0. The van der Waals surface area contributed by atoms with Crippen molar-refractivity contribution < 1.29 is 9.90 Å². The van der Waals surface area contributed by atoms with E-state index in [2.05, 4.69) is 0 Å². The van der Waals surface area contributed by atoms with E-state index in [1.807, 2.05) is 12.1 Å². The Labute approximate surface area is 95.3 Å². The van der Waals surface area contributed by atoms with Gasteiger partial charge in [0.05, 0.1) is 5.41 Å². The van der Waals surface area contributed by atoms with Crippen molar-refractivity contribution in [3.05, 3.63) is 29.3 Å². The number of hydrogen-bond donors (Lipinski definition) is 1. The van der Waals surface area contributed by atoms with Crippen LogP contribution in [-0.4, -0.2) is 10.9 Å². The van der Waals surface area contributed by atoms with E-state index in [1.54, 1.807) is 6.07 Å². The minimum atomic E-state index is -0.244. The average Bonchev–Trinajstić information content (AvgIpc) is 2.75. The van der Waals surface area contributed by atoms with Gasteiger partial charge in [0.15, 0.2) is 0 Å². The highest BCUT2D eigenvalue weighted by Gasteiger charge is 2.45. The lowest BCUT2D eigenvalue weighted by Gasteiger charge is -2.34. The quantitative estimate of drug-likeness (QED) is 0.724. The number of aromatic hydroxyl groups is 1. The molecule has 0 unspecified atom stereocenters. The molecule has 3 rings (SSSR count). The molecule has 0 heterocycles. The highest BCUT2D eigenvalue weighted by atomic mass is 16.3. The van der Waals surface area contributed by atoms with E-state index in [0.717, 1.165) is 36.8 Å². The third-order valence-corrected chi connectivity index (χ3v) is 4.26. The van der Waals surface area contributed by atoms with Crippen LogP contribution in [0, 0.1) is 0 Å². The van der Waals surface area contributed by atoms with Crippen molar-refractivity contribution in [2.75, 3.05) is 0 Å². The van der Waals surface area contributed by atoms with Crippen molar-refractivity contribution in [2.24, 2.45) is 0 Å². The van der Waals surface area contributed by atoms with Gasteiger partial charge >= 0.3 is 0 Å². The van der Waals surface area contributed by atoms with Crippen LogP contribution < -0.4 is 0 Å². The summed E-state index contributed by atoms with van der Waals surface area (Å²) in [4.78, 5) is 12.2. The van der Waals surface area contributed by atoms with Crippen LogP contribution in [0.3, 0.4) is 0 Å². The fourth-order valence-electron chi connectivity index (χ4n) is 3.44. The van der Waals surface area contributed by atoms with Crippen LogP contribution in [0.25, 0.3) is 0 Å². The Morgan fingerprint density at radius 2 is 1.88 bits per heavy atom. The van der Waals surface area contributed by atoms with Crippen molar-refractivity contribution in [2.45, 2.75) is 43.9 Å². The monoisotopic (exact) mass is 216 g/mol. The molecule has 0 saturated heterocycles. The number of Topliss-reactive ketones (excluding diaryl/α,β-unsaturated/α-hetero) is 1. The normalized spacial score (nSPS) is 22.4. The number of carbonyl (C=O) groups excluding carboxylic acids is 1. The molecule has 84 valence electrons. The molecule has 0 bridgehead atoms. The van der Waals surface area contributed by atoms with Crippen molar-refractivity contribution in [1.82, 2.24) is 0 Å². The van der Waals surface area contributed by atoms with Gasteiger partial charge in [-0.3, -0.25) is 4.79 Å². The predicted molar refractivity (Wildman–Crippen MR) is 61.6 cm³/mol. The second kappa shape index (κ2) is 3.34.